The smallest absolute Gasteiger partial charge is 0.325 e. The molecule has 0 aliphatic carbocycles. The highest BCUT2D eigenvalue weighted by Crippen LogP contribution is 2.22. The van der Waals surface area contributed by atoms with Crippen LogP contribution in [-0.4, -0.2) is 18.1 Å². The third-order valence-corrected chi connectivity index (χ3v) is 2.43. The van der Waals surface area contributed by atoms with Crippen molar-refractivity contribution in [3.8, 4) is 0 Å². The minimum absolute atomic E-state index is 0.0432. The molecule has 0 saturated carbocycles. The van der Waals surface area contributed by atoms with E-state index in [1.165, 1.54) is 12.1 Å². The first-order chi connectivity index (χ1) is 7.78. The Morgan fingerprint density at radius 1 is 1.47 bits per heavy atom. The van der Waals surface area contributed by atoms with E-state index in [1.807, 2.05) is 0 Å². The minimum atomic E-state index is -0.501. The van der Waals surface area contributed by atoms with E-state index >= 15 is 0 Å². The fraction of sp³-hybridized carbons (Fsp3) is 0.417. The summed E-state index contributed by atoms with van der Waals surface area (Å²) in [5, 5.41) is 2.87. The van der Waals surface area contributed by atoms with Gasteiger partial charge in [-0.05, 0) is 54.9 Å². The fourth-order valence-corrected chi connectivity index (χ4v) is 1.67. The van der Waals surface area contributed by atoms with Crippen LogP contribution in [0.5, 0.6) is 0 Å². The quantitative estimate of drug-likeness (QED) is 0.870. The largest absolute Gasteiger partial charge is 0.459 e. The first-order valence-electron chi connectivity index (χ1n) is 5.19. The number of hydrogen-bond donors (Lipinski definition) is 1. The van der Waals surface area contributed by atoms with Crippen LogP contribution in [0.15, 0.2) is 22.7 Å². The molecule has 3 nitrogen and oxygen atoms in total. The molecule has 1 aromatic carbocycles. The molecule has 1 aromatic rings. The number of hydrogen-bond acceptors (Lipinski definition) is 3. The Kier molecular flexibility index (Phi) is 4.51. The number of benzene rings is 1. The van der Waals surface area contributed by atoms with E-state index in [-0.39, 0.29) is 18.3 Å². The highest BCUT2D eigenvalue weighted by Gasteiger charge is 2.16. The summed E-state index contributed by atoms with van der Waals surface area (Å²) in [4.78, 5) is 11.4. The van der Waals surface area contributed by atoms with Gasteiger partial charge in [0.25, 0.3) is 0 Å². The summed E-state index contributed by atoms with van der Waals surface area (Å²) in [7, 11) is 0. The van der Waals surface area contributed by atoms with Crippen molar-refractivity contribution >= 4 is 27.6 Å². The van der Waals surface area contributed by atoms with Gasteiger partial charge in [0.05, 0.1) is 0 Å². The monoisotopic (exact) mass is 303 g/mol. The SMILES string of the molecule is CC(C)(C)OC(=O)CNc1ccc(F)cc1Br. The van der Waals surface area contributed by atoms with Crippen molar-refractivity contribution < 1.29 is 13.9 Å². The molecule has 1 rings (SSSR count). The van der Waals surface area contributed by atoms with E-state index < -0.39 is 5.60 Å². The third kappa shape index (κ3) is 5.17. The van der Waals surface area contributed by atoms with Crippen LogP contribution in [0.4, 0.5) is 10.1 Å². The minimum Gasteiger partial charge on any atom is -0.459 e. The van der Waals surface area contributed by atoms with Gasteiger partial charge in [-0.1, -0.05) is 0 Å². The van der Waals surface area contributed by atoms with E-state index in [1.54, 1.807) is 26.8 Å². The van der Waals surface area contributed by atoms with E-state index in [9.17, 15) is 9.18 Å². The molecular formula is C12H15BrFNO2. The van der Waals surface area contributed by atoms with Crippen LogP contribution in [0.1, 0.15) is 20.8 Å². The average molecular weight is 304 g/mol. The zero-order valence-corrected chi connectivity index (χ0v) is 11.6. The molecule has 0 unspecified atom stereocenters. The van der Waals surface area contributed by atoms with Gasteiger partial charge >= 0.3 is 5.97 Å². The van der Waals surface area contributed by atoms with E-state index in [4.69, 9.17) is 4.74 Å². The zero-order chi connectivity index (χ0) is 13.1. The molecule has 0 fully saturated rings. The van der Waals surface area contributed by atoms with Gasteiger partial charge in [0, 0.05) is 10.2 Å². The lowest BCUT2D eigenvalue weighted by Crippen LogP contribution is -2.28. The number of nitrogens with one attached hydrogen (secondary N) is 1. The molecule has 0 aliphatic rings. The Hall–Kier alpha value is -1.10. The molecule has 1 N–H and O–H groups in total. The highest BCUT2D eigenvalue weighted by molar-refractivity contribution is 9.10. The predicted molar refractivity (Wildman–Crippen MR) is 68.4 cm³/mol. The lowest BCUT2D eigenvalue weighted by Gasteiger charge is -2.19. The van der Waals surface area contributed by atoms with Crippen molar-refractivity contribution in [1.82, 2.24) is 0 Å². The number of halogens is 2. The number of rotatable bonds is 3. The second-order valence-corrected chi connectivity index (χ2v) is 5.42. The van der Waals surface area contributed by atoms with Gasteiger partial charge < -0.3 is 10.1 Å². The van der Waals surface area contributed by atoms with Gasteiger partial charge in [0.1, 0.15) is 18.0 Å². The van der Waals surface area contributed by atoms with Crippen LogP contribution < -0.4 is 5.32 Å². The molecule has 0 aromatic heterocycles. The molecule has 5 heteroatoms. The molecule has 17 heavy (non-hydrogen) atoms. The van der Waals surface area contributed by atoms with Gasteiger partial charge in [0.2, 0.25) is 0 Å². The fourth-order valence-electron chi connectivity index (χ4n) is 1.18. The van der Waals surface area contributed by atoms with E-state index in [0.717, 1.165) is 0 Å². The van der Waals surface area contributed by atoms with Crippen molar-refractivity contribution in [2.75, 3.05) is 11.9 Å². The lowest BCUT2D eigenvalue weighted by molar-refractivity contribution is -0.152. The van der Waals surface area contributed by atoms with Crippen molar-refractivity contribution in [3.05, 3.63) is 28.5 Å². The molecule has 0 heterocycles. The van der Waals surface area contributed by atoms with Crippen LogP contribution in [0.2, 0.25) is 0 Å². The molecular weight excluding hydrogens is 289 g/mol. The predicted octanol–water partition coefficient (Wildman–Crippen LogP) is 3.34. The standard InChI is InChI=1S/C12H15BrFNO2/c1-12(2,3)17-11(16)7-15-10-5-4-8(14)6-9(10)13/h4-6,15H,7H2,1-3H3. The molecule has 0 bridgehead atoms. The number of ether oxygens (including phenoxy) is 1. The van der Waals surface area contributed by atoms with Crippen molar-refractivity contribution in [2.24, 2.45) is 0 Å². The van der Waals surface area contributed by atoms with Crippen LogP contribution in [0.3, 0.4) is 0 Å². The molecule has 0 spiro atoms. The topological polar surface area (TPSA) is 38.3 Å². The Morgan fingerprint density at radius 3 is 2.65 bits per heavy atom. The van der Waals surface area contributed by atoms with Crippen molar-refractivity contribution in [2.45, 2.75) is 26.4 Å². The van der Waals surface area contributed by atoms with Gasteiger partial charge in [-0.25, -0.2) is 4.39 Å². The number of esters is 1. The first-order valence-corrected chi connectivity index (χ1v) is 5.98. The summed E-state index contributed by atoms with van der Waals surface area (Å²) in [6.45, 7) is 5.46. The molecule has 0 aliphatic heterocycles. The molecule has 0 saturated heterocycles. The van der Waals surface area contributed by atoms with Crippen LogP contribution in [0.25, 0.3) is 0 Å². The summed E-state index contributed by atoms with van der Waals surface area (Å²) in [5.41, 5.74) is 0.149. The Morgan fingerprint density at radius 2 is 2.12 bits per heavy atom. The second-order valence-electron chi connectivity index (χ2n) is 4.56. The van der Waals surface area contributed by atoms with Crippen LogP contribution in [0, 0.1) is 5.82 Å². The zero-order valence-electron chi connectivity index (χ0n) is 10.0. The average Bonchev–Trinajstić information content (AvgIpc) is 2.13. The number of carbonyl (C=O) groups is 1. The Balaban J connectivity index is 2.53. The van der Waals surface area contributed by atoms with Crippen molar-refractivity contribution in [1.29, 1.82) is 0 Å². The summed E-state index contributed by atoms with van der Waals surface area (Å²) in [6, 6.07) is 4.21. The van der Waals surface area contributed by atoms with Crippen LogP contribution >= 0.6 is 15.9 Å². The second kappa shape index (κ2) is 5.49. The van der Waals surface area contributed by atoms with Gasteiger partial charge in [-0.2, -0.15) is 0 Å². The summed E-state index contributed by atoms with van der Waals surface area (Å²) < 4.78 is 18.5. The summed E-state index contributed by atoms with van der Waals surface area (Å²) in [5.74, 6) is -0.687. The number of carbonyl (C=O) groups excluding carboxylic acids is 1. The van der Waals surface area contributed by atoms with Gasteiger partial charge in [-0.15, -0.1) is 0 Å². The summed E-state index contributed by atoms with van der Waals surface area (Å²) >= 11 is 3.20. The number of anilines is 1. The molecule has 94 valence electrons. The van der Waals surface area contributed by atoms with E-state index in [0.29, 0.717) is 10.2 Å². The molecule has 0 radical (unpaired) electrons. The first kappa shape index (κ1) is 14.0. The maximum atomic E-state index is 12.8. The highest BCUT2D eigenvalue weighted by atomic mass is 79.9. The van der Waals surface area contributed by atoms with Crippen LogP contribution in [-0.2, 0) is 9.53 Å². The maximum Gasteiger partial charge on any atom is 0.325 e. The summed E-state index contributed by atoms with van der Waals surface area (Å²) in [6.07, 6.45) is 0. The lowest BCUT2D eigenvalue weighted by atomic mass is 10.2. The van der Waals surface area contributed by atoms with E-state index in [2.05, 4.69) is 21.2 Å². The van der Waals surface area contributed by atoms with Crippen molar-refractivity contribution in [3.63, 3.8) is 0 Å². The van der Waals surface area contributed by atoms with Gasteiger partial charge in [0.15, 0.2) is 0 Å². The Labute approximate surface area is 108 Å². The van der Waals surface area contributed by atoms with Gasteiger partial charge in [-0.3, -0.25) is 4.79 Å². The Bertz CT molecular complexity index is 415. The molecule has 0 amide bonds. The maximum absolute atomic E-state index is 12.8. The molecule has 0 atom stereocenters. The third-order valence-electron chi connectivity index (χ3n) is 1.77. The normalized spacial score (nSPS) is 11.1.